The zero-order valence-electron chi connectivity index (χ0n) is 10.8. The molecular formula is C14H17BrN2S. The third kappa shape index (κ3) is 2.52. The highest BCUT2D eigenvalue weighted by molar-refractivity contribution is 9.10. The molecule has 0 bridgehead atoms. The Hall–Kier alpha value is -0.680. The monoisotopic (exact) mass is 324 g/mol. The van der Waals surface area contributed by atoms with Crippen molar-refractivity contribution in [1.29, 1.82) is 0 Å². The van der Waals surface area contributed by atoms with Crippen LogP contribution in [-0.2, 0) is 0 Å². The number of nitrogens with one attached hydrogen (secondary N) is 1. The van der Waals surface area contributed by atoms with E-state index < -0.39 is 0 Å². The van der Waals surface area contributed by atoms with Crippen LogP contribution in [0.1, 0.15) is 33.9 Å². The molecule has 0 aliphatic rings. The first-order valence-electron chi connectivity index (χ1n) is 5.80. The van der Waals surface area contributed by atoms with Crippen molar-refractivity contribution in [1.82, 2.24) is 5.43 Å². The molecule has 0 amide bonds. The molecule has 2 rings (SSSR count). The maximum Gasteiger partial charge on any atom is 0.0734 e. The molecule has 1 unspecified atom stereocenters. The molecule has 0 radical (unpaired) electrons. The topological polar surface area (TPSA) is 38.0 Å². The van der Waals surface area contributed by atoms with Gasteiger partial charge in [0.25, 0.3) is 0 Å². The van der Waals surface area contributed by atoms with Gasteiger partial charge < -0.3 is 0 Å². The average molecular weight is 325 g/mol. The number of halogens is 1. The van der Waals surface area contributed by atoms with Crippen molar-refractivity contribution in [3.8, 4) is 0 Å². The molecule has 3 N–H and O–H groups in total. The van der Waals surface area contributed by atoms with Crippen molar-refractivity contribution >= 4 is 27.3 Å². The van der Waals surface area contributed by atoms with Crippen molar-refractivity contribution < 1.29 is 0 Å². The minimum atomic E-state index is 0.0335. The first kappa shape index (κ1) is 13.7. The van der Waals surface area contributed by atoms with Crippen molar-refractivity contribution in [2.24, 2.45) is 5.84 Å². The summed E-state index contributed by atoms with van der Waals surface area (Å²) in [5.41, 5.74) is 9.23. The zero-order chi connectivity index (χ0) is 13.3. The molecule has 0 saturated heterocycles. The zero-order valence-corrected chi connectivity index (χ0v) is 13.2. The summed E-state index contributed by atoms with van der Waals surface area (Å²) in [6, 6.07) is 4.44. The lowest BCUT2D eigenvalue weighted by Gasteiger charge is -2.21. The highest BCUT2D eigenvalue weighted by Crippen LogP contribution is 2.34. The number of rotatable bonds is 3. The number of benzene rings is 1. The van der Waals surface area contributed by atoms with Gasteiger partial charge in [-0.15, -0.1) is 0 Å². The quantitative estimate of drug-likeness (QED) is 0.661. The fraction of sp³-hybridized carbons (Fsp3) is 0.286. The Morgan fingerprint density at radius 2 is 1.78 bits per heavy atom. The number of nitrogens with two attached hydrogens (primary N) is 1. The van der Waals surface area contributed by atoms with Crippen LogP contribution in [-0.4, -0.2) is 0 Å². The van der Waals surface area contributed by atoms with Crippen LogP contribution < -0.4 is 11.3 Å². The normalized spacial score (nSPS) is 12.7. The summed E-state index contributed by atoms with van der Waals surface area (Å²) in [5, 5.41) is 4.21. The fourth-order valence-corrected chi connectivity index (χ4v) is 4.02. The molecule has 1 heterocycles. The van der Waals surface area contributed by atoms with Crippen LogP contribution in [0, 0.1) is 20.8 Å². The van der Waals surface area contributed by atoms with Crippen LogP contribution >= 0.6 is 27.3 Å². The summed E-state index contributed by atoms with van der Waals surface area (Å²) in [7, 11) is 0. The molecule has 0 saturated carbocycles. The molecule has 1 atom stereocenters. The summed E-state index contributed by atoms with van der Waals surface area (Å²) >= 11 is 5.26. The minimum Gasteiger partial charge on any atom is -0.271 e. The lowest BCUT2D eigenvalue weighted by atomic mass is 9.91. The maximum atomic E-state index is 5.77. The second-order valence-corrected chi connectivity index (χ2v) is 6.19. The second kappa shape index (κ2) is 5.53. The highest BCUT2D eigenvalue weighted by atomic mass is 79.9. The average Bonchev–Trinajstić information content (AvgIpc) is 2.69. The number of hydrogen-bond acceptors (Lipinski definition) is 3. The summed E-state index contributed by atoms with van der Waals surface area (Å²) in [5.74, 6) is 5.77. The number of thiophene rings is 1. The van der Waals surface area contributed by atoms with E-state index in [1.807, 2.05) is 0 Å². The van der Waals surface area contributed by atoms with E-state index in [2.05, 4.69) is 65.0 Å². The van der Waals surface area contributed by atoms with Crippen LogP contribution in [0.25, 0.3) is 0 Å². The number of aryl methyl sites for hydroxylation is 3. The summed E-state index contributed by atoms with van der Waals surface area (Å²) in [4.78, 5) is 0. The Morgan fingerprint density at radius 3 is 2.22 bits per heavy atom. The smallest absolute Gasteiger partial charge is 0.0734 e. The lowest BCUT2D eigenvalue weighted by molar-refractivity contribution is 0.630. The van der Waals surface area contributed by atoms with Crippen LogP contribution in [0.15, 0.2) is 27.4 Å². The third-order valence-corrected chi connectivity index (χ3v) is 4.90. The van der Waals surface area contributed by atoms with Crippen molar-refractivity contribution in [2.75, 3.05) is 0 Å². The van der Waals surface area contributed by atoms with E-state index in [9.17, 15) is 0 Å². The van der Waals surface area contributed by atoms with Crippen molar-refractivity contribution in [2.45, 2.75) is 26.8 Å². The SMILES string of the molecule is Cc1cc(C)c(C(NN)c2cscc2Br)c(C)c1. The van der Waals surface area contributed by atoms with E-state index in [1.165, 1.54) is 27.8 Å². The fourth-order valence-electron chi connectivity index (χ4n) is 2.47. The molecule has 0 aliphatic carbocycles. The van der Waals surface area contributed by atoms with Gasteiger partial charge in [-0.1, -0.05) is 17.7 Å². The molecule has 96 valence electrons. The second-order valence-electron chi connectivity index (χ2n) is 4.59. The maximum absolute atomic E-state index is 5.77. The van der Waals surface area contributed by atoms with E-state index in [-0.39, 0.29) is 6.04 Å². The standard InChI is InChI=1S/C14H17BrN2S/c1-8-4-9(2)13(10(3)5-8)14(17-16)11-6-18-7-12(11)15/h4-7,14,17H,16H2,1-3H3. The Kier molecular flexibility index (Phi) is 4.22. The third-order valence-electron chi connectivity index (χ3n) is 3.15. The van der Waals surface area contributed by atoms with Crippen molar-refractivity contribution in [3.05, 3.63) is 55.2 Å². The van der Waals surface area contributed by atoms with Gasteiger partial charge in [0.1, 0.15) is 0 Å². The molecule has 2 nitrogen and oxygen atoms in total. The predicted molar refractivity (Wildman–Crippen MR) is 81.8 cm³/mol. The molecule has 18 heavy (non-hydrogen) atoms. The molecule has 2 aromatic rings. The Labute approximate surface area is 120 Å². The van der Waals surface area contributed by atoms with Gasteiger partial charge in [-0.3, -0.25) is 5.84 Å². The molecule has 0 fully saturated rings. The summed E-state index contributed by atoms with van der Waals surface area (Å²) < 4.78 is 1.11. The predicted octanol–water partition coefficient (Wildman–Crippen LogP) is 3.99. The van der Waals surface area contributed by atoms with E-state index in [1.54, 1.807) is 11.3 Å². The van der Waals surface area contributed by atoms with Crippen LogP contribution in [0.3, 0.4) is 0 Å². The van der Waals surface area contributed by atoms with Gasteiger partial charge in [0.15, 0.2) is 0 Å². The van der Waals surface area contributed by atoms with Gasteiger partial charge in [-0.05, 0) is 64.3 Å². The lowest BCUT2D eigenvalue weighted by Crippen LogP contribution is -2.30. The van der Waals surface area contributed by atoms with Crippen molar-refractivity contribution in [3.63, 3.8) is 0 Å². The van der Waals surface area contributed by atoms with Gasteiger partial charge in [0.2, 0.25) is 0 Å². The van der Waals surface area contributed by atoms with E-state index in [0.717, 1.165) is 4.47 Å². The molecule has 0 aliphatic heterocycles. The van der Waals surface area contributed by atoms with Gasteiger partial charge in [-0.25, -0.2) is 5.43 Å². The van der Waals surface area contributed by atoms with Gasteiger partial charge >= 0.3 is 0 Å². The first-order valence-corrected chi connectivity index (χ1v) is 7.53. The molecular weight excluding hydrogens is 308 g/mol. The van der Waals surface area contributed by atoms with Gasteiger partial charge in [-0.2, -0.15) is 11.3 Å². The van der Waals surface area contributed by atoms with E-state index >= 15 is 0 Å². The highest BCUT2D eigenvalue weighted by Gasteiger charge is 2.20. The van der Waals surface area contributed by atoms with Gasteiger partial charge in [0.05, 0.1) is 6.04 Å². The minimum absolute atomic E-state index is 0.0335. The molecule has 1 aromatic carbocycles. The summed E-state index contributed by atoms with van der Waals surface area (Å²) in [6.45, 7) is 6.40. The Morgan fingerprint density at radius 1 is 1.17 bits per heavy atom. The summed E-state index contributed by atoms with van der Waals surface area (Å²) in [6.07, 6.45) is 0. The Bertz CT molecular complexity index is 540. The van der Waals surface area contributed by atoms with E-state index in [4.69, 9.17) is 5.84 Å². The Balaban J connectivity index is 2.56. The van der Waals surface area contributed by atoms with Crippen LogP contribution in [0.4, 0.5) is 0 Å². The van der Waals surface area contributed by atoms with Gasteiger partial charge in [0, 0.05) is 9.85 Å². The molecule has 1 aromatic heterocycles. The van der Waals surface area contributed by atoms with E-state index in [0.29, 0.717) is 0 Å². The molecule has 0 spiro atoms. The molecule has 4 heteroatoms. The van der Waals surface area contributed by atoms with Crippen LogP contribution in [0.5, 0.6) is 0 Å². The number of hydrogen-bond donors (Lipinski definition) is 2. The van der Waals surface area contributed by atoms with Crippen LogP contribution in [0.2, 0.25) is 0 Å². The number of hydrazine groups is 1. The first-order chi connectivity index (χ1) is 8.54. The largest absolute Gasteiger partial charge is 0.271 e.